The molecule has 2 aromatic heterocycles. The maximum Gasteiger partial charge on any atom is 0.270 e. The second kappa shape index (κ2) is 8.30. The molecule has 0 saturated carbocycles. The lowest BCUT2D eigenvalue weighted by Crippen LogP contribution is -2.15. The van der Waals surface area contributed by atoms with Gasteiger partial charge in [0.25, 0.3) is 10.0 Å². The van der Waals surface area contributed by atoms with E-state index in [0.29, 0.717) is 23.3 Å². The highest BCUT2D eigenvalue weighted by Gasteiger charge is 2.28. The summed E-state index contributed by atoms with van der Waals surface area (Å²) in [6, 6.07) is 8.03. The fourth-order valence-electron chi connectivity index (χ4n) is 3.30. The van der Waals surface area contributed by atoms with Gasteiger partial charge >= 0.3 is 0 Å². The Morgan fingerprint density at radius 3 is 2.38 bits per heavy atom. The van der Waals surface area contributed by atoms with Gasteiger partial charge in [-0.2, -0.15) is 5.10 Å². The minimum Gasteiger partial charge on any atom is -0.505 e. The van der Waals surface area contributed by atoms with E-state index in [4.69, 9.17) is 18.7 Å². The van der Waals surface area contributed by atoms with Crippen LogP contribution >= 0.6 is 0 Å². The molecule has 0 fully saturated rings. The SMILES string of the molecule is COc1cccc(OC)c1S(=O)(=O)Nc1noc2cc(Cn3cc(O)cn3)cc(OC)c12. The van der Waals surface area contributed by atoms with E-state index in [1.54, 1.807) is 18.2 Å². The standard InChI is InChI=1S/C20H20N4O7S/c1-28-14-5-4-6-15(29-2)19(14)32(26,27)23-20-18-16(30-3)7-12(8-17(18)31-22-20)10-24-11-13(25)9-21-24/h4-9,11,25H,10H2,1-3H3,(H,22,23). The molecule has 32 heavy (non-hydrogen) atoms. The summed E-state index contributed by atoms with van der Waals surface area (Å²) in [6.07, 6.45) is 2.79. The molecule has 2 aromatic carbocycles. The van der Waals surface area contributed by atoms with Gasteiger partial charge < -0.3 is 23.8 Å². The number of ether oxygens (including phenoxy) is 3. The summed E-state index contributed by atoms with van der Waals surface area (Å²) in [5, 5.41) is 17.7. The zero-order valence-corrected chi connectivity index (χ0v) is 18.2. The topological polar surface area (TPSA) is 138 Å². The largest absolute Gasteiger partial charge is 0.505 e. The summed E-state index contributed by atoms with van der Waals surface area (Å²) < 4.78 is 51.6. The average molecular weight is 460 g/mol. The summed E-state index contributed by atoms with van der Waals surface area (Å²) in [5.41, 5.74) is 1.05. The number of anilines is 1. The number of fused-ring (bicyclic) bond motifs is 1. The molecule has 11 nitrogen and oxygen atoms in total. The van der Waals surface area contributed by atoms with Gasteiger partial charge in [0.2, 0.25) is 0 Å². The third-order valence-electron chi connectivity index (χ3n) is 4.66. The molecule has 0 aliphatic heterocycles. The molecule has 4 aromatic rings. The summed E-state index contributed by atoms with van der Waals surface area (Å²) in [5.74, 6) is 0.567. The second-order valence-electron chi connectivity index (χ2n) is 6.70. The highest BCUT2D eigenvalue weighted by atomic mass is 32.2. The first-order valence-electron chi connectivity index (χ1n) is 9.27. The lowest BCUT2D eigenvalue weighted by atomic mass is 10.1. The van der Waals surface area contributed by atoms with Crippen molar-refractivity contribution in [3.05, 3.63) is 48.3 Å². The number of benzene rings is 2. The van der Waals surface area contributed by atoms with Crippen molar-refractivity contribution in [2.45, 2.75) is 11.4 Å². The third-order valence-corrected chi connectivity index (χ3v) is 6.07. The van der Waals surface area contributed by atoms with Crippen LogP contribution in [0.2, 0.25) is 0 Å². The molecule has 4 rings (SSSR count). The lowest BCUT2D eigenvalue weighted by Gasteiger charge is -2.14. The minimum absolute atomic E-state index is 0.0427. The number of aromatic nitrogens is 3. The molecule has 12 heteroatoms. The Balaban J connectivity index is 1.74. The summed E-state index contributed by atoms with van der Waals surface area (Å²) in [4.78, 5) is -0.171. The van der Waals surface area contributed by atoms with Crippen molar-refractivity contribution in [3.63, 3.8) is 0 Å². The van der Waals surface area contributed by atoms with Gasteiger partial charge in [-0.15, -0.1) is 0 Å². The number of hydrogen-bond acceptors (Lipinski definition) is 9. The average Bonchev–Trinajstić information content (AvgIpc) is 3.37. The van der Waals surface area contributed by atoms with Crippen LogP contribution in [-0.2, 0) is 16.6 Å². The van der Waals surface area contributed by atoms with Gasteiger partial charge in [0.1, 0.15) is 22.6 Å². The number of nitrogens with one attached hydrogen (secondary N) is 1. The summed E-state index contributed by atoms with van der Waals surface area (Å²) >= 11 is 0. The van der Waals surface area contributed by atoms with Gasteiger partial charge in [0.05, 0.1) is 40.3 Å². The Labute approximate surface area is 183 Å². The van der Waals surface area contributed by atoms with E-state index < -0.39 is 10.0 Å². The molecule has 0 aliphatic rings. The van der Waals surface area contributed by atoms with Crippen LogP contribution in [0.25, 0.3) is 11.0 Å². The van der Waals surface area contributed by atoms with E-state index in [0.717, 1.165) is 5.56 Å². The Bertz CT molecular complexity index is 1360. The summed E-state index contributed by atoms with van der Waals surface area (Å²) in [7, 11) is 0.0187. The third kappa shape index (κ3) is 3.87. The van der Waals surface area contributed by atoms with Crippen LogP contribution in [0.4, 0.5) is 5.82 Å². The number of sulfonamides is 1. The van der Waals surface area contributed by atoms with Crippen molar-refractivity contribution in [3.8, 4) is 23.0 Å². The Hall–Kier alpha value is -3.93. The maximum atomic E-state index is 13.2. The normalized spacial score (nSPS) is 11.5. The van der Waals surface area contributed by atoms with Crippen molar-refractivity contribution in [2.24, 2.45) is 0 Å². The number of rotatable bonds is 8. The summed E-state index contributed by atoms with van der Waals surface area (Å²) in [6.45, 7) is 0.326. The van der Waals surface area contributed by atoms with Crippen molar-refractivity contribution < 1.29 is 32.3 Å². The van der Waals surface area contributed by atoms with Crippen LogP contribution < -0.4 is 18.9 Å². The number of nitrogens with zero attached hydrogens (tertiary/aromatic N) is 3. The smallest absolute Gasteiger partial charge is 0.270 e. The molecule has 0 unspecified atom stereocenters. The van der Waals surface area contributed by atoms with Gasteiger partial charge in [0.15, 0.2) is 22.0 Å². The quantitative estimate of drug-likeness (QED) is 0.406. The lowest BCUT2D eigenvalue weighted by molar-refractivity contribution is 0.373. The minimum atomic E-state index is -4.16. The van der Waals surface area contributed by atoms with E-state index in [-0.39, 0.29) is 28.0 Å². The molecule has 0 saturated heterocycles. The molecule has 0 aliphatic carbocycles. The molecule has 0 amide bonds. The van der Waals surface area contributed by atoms with Crippen molar-refractivity contribution in [2.75, 3.05) is 26.1 Å². The number of aromatic hydroxyl groups is 1. The molecule has 0 spiro atoms. The van der Waals surface area contributed by atoms with Gasteiger partial charge in [-0.3, -0.25) is 9.40 Å². The van der Waals surface area contributed by atoms with E-state index in [1.165, 1.54) is 50.5 Å². The van der Waals surface area contributed by atoms with E-state index in [1.807, 2.05) is 0 Å². The van der Waals surface area contributed by atoms with Crippen LogP contribution in [0.3, 0.4) is 0 Å². The monoisotopic (exact) mass is 460 g/mol. The number of hydrogen-bond donors (Lipinski definition) is 2. The van der Waals surface area contributed by atoms with Gasteiger partial charge in [-0.25, -0.2) is 8.42 Å². The van der Waals surface area contributed by atoms with E-state index in [9.17, 15) is 13.5 Å². The van der Waals surface area contributed by atoms with Crippen molar-refractivity contribution >= 4 is 26.8 Å². The number of methoxy groups -OCH3 is 3. The maximum absolute atomic E-state index is 13.2. The molecule has 0 atom stereocenters. The van der Waals surface area contributed by atoms with E-state index >= 15 is 0 Å². The van der Waals surface area contributed by atoms with Crippen LogP contribution in [0.1, 0.15) is 5.56 Å². The molecule has 0 radical (unpaired) electrons. The van der Waals surface area contributed by atoms with Crippen LogP contribution in [0.15, 0.2) is 52.1 Å². The molecule has 2 N–H and O–H groups in total. The zero-order valence-electron chi connectivity index (χ0n) is 17.4. The Morgan fingerprint density at radius 2 is 1.78 bits per heavy atom. The van der Waals surface area contributed by atoms with Crippen LogP contribution in [-0.4, -0.2) is 49.8 Å². The second-order valence-corrected chi connectivity index (χ2v) is 8.31. The molecule has 168 valence electrons. The molecule has 2 heterocycles. The molecule has 0 bridgehead atoms. The fourth-order valence-corrected chi connectivity index (χ4v) is 4.63. The first-order valence-corrected chi connectivity index (χ1v) is 10.8. The Kier molecular flexibility index (Phi) is 5.53. The predicted molar refractivity (Wildman–Crippen MR) is 114 cm³/mol. The van der Waals surface area contributed by atoms with Gasteiger partial charge in [0, 0.05) is 0 Å². The van der Waals surface area contributed by atoms with E-state index in [2.05, 4.69) is 15.0 Å². The van der Waals surface area contributed by atoms with Crippen LogP contribution in [0.5, 0.6) is 23.0 Å². The van der Waals surface area contributed by atoms with Crippen molar-refractivity contribution in [1.29, 1.82) is 0 Å². The fraction of sp³-hybridized carbons (Fsp3) is 0.200. The zero-order chi connectivity index (χ0) is 22.9. The molecular weight excluding hydrogens is 440 g/mol. The highest BCUT2D eigenvalue weighted by molar-refractivity contribution is 7.93. The van der Waals surface area contributed by atoms with Crippen LogP contribution in [0, 0.1) is 0 Å². The first kappa shape index (κ1) is 21.3. The van der Waals surface area contributed by atoms with Gasteiger partial charge in [-0.05, 0) is 29.8 Å². The van der Waals surface area contributed by atoms with Crippen molar-refractivity contribution in [1.82, 2.24) is 14.9 Å². The Morgan fingerprint density at radius 1 is 1.09 bits per heavy atom. The highest BCUT2D eigenvalue weighted by Crippen LogP contribution is 2.38. The molecular formula is C20H20N4O7S. The van der Waals surface area contributed by atoms with Gasteiger partial charge in [-0.1, -0.05) is 11.2 Å². The predicted octanol–water partition coefficient (Wildman–Crippen LogP) is 2.60. The first-order chi connectivity index (χ1) is 15.4.